The number of halogens is 1. The summed E-state index contributed by atoms with van der Waals surface area (Å²) in [5, 5.41) is 3.09. The Hall–Kier alpha value is -1.10. The van der Waals surface area contributed by atoms with Crippen LogP contribution in [0.2, 0.25) is 0 Å². The van der Waals surface area contributed by atoms with Gasteiger partial charge < -0.3 is 15.8 Å². The Morgan fingerprint density at radius 3 is 2.65 bits per heavy atom. The van der Waals surface area contributed by atoms with Crippen molar-refractivity contribution in [1.29, 1.82) is 0 Å². The van der Waals surface area contributed by atoms with Gasteiger partial charge in [-0.2, -0.15) is 0 Å². The van der Waals surface area contributed by atoms with E-state index >= 15 is 0 Å². The Morgan fingerprint density at radius 2 is 2.10 bits per heavy atom. The summed E-state index contributed by atoms with van der Waals surface area (Å²) in [6.07, 6.45) is 3.17. The van der Waals surface area contributed by atoms with Gasteiger partial charge in [0.2, 0.25) is 5.91 Å². The van der Waals surface area contributed by atoms with Gasteiger partial charge in [-0.15, -0.1) is 12.4 Å². The number of benzene rings is 1. The number of methoxy groups -OCH3 is 1. The van der Waals surface area contributed by atoms with Crippen LogP contribution in [0.1, 0.15) is 30.7 Å². The summed E-state index contributed by atoms with van der Waals surface area (Å²) in [7, 11) is 1.72. The number of hydrogen-bond acceptors (Lipinski definition) is 3. The van der Waals surface area contributed by atoms with Gasteiger partial charge in [-0.25, -0.2) is 0 Å². The average molecular weight is 299 g/mol. The van der Waals surface area contributed by atoms with Gasteiger partial charge in [0.05, 0.1) is 12.0 Å². The van der Waals surface area contributed by atoms with E-state index in [4.69, 9.17) is 10.5 Å². The lowest BCUT2D eigenvalue weighted by Crippen LogP contribution is -2.39. The number of hydrogen-bond donors (Lipinski definition) is 2. The highest BCUT2D eigenvalue weighted by Crippen LogP contribution is 2.22. The molecule has 112 valence electrons. The van der Waals surface area contributed by atoms with E-state index < -0.39 is 0 Å². The molecule has 1 saturated carbocycles. The number of nitrogens with two attached hydrogens (primary N) is 1. The quantitative estimate of drug-likeness (QED) is 0.872. The summed E-state index contributed by atoms with van der Waals surface area (Å²) in [4.78, 5) is 12.3. The molecular formula is C15H23ClN2O2. The predicted octanol–water partition coefficient (Wildman–Crippen LogP) is 1.83. The largest absolute Gasteiger partial charge is 0.381 e. The van der Waals surface area contributed by atoms with E-state index in [1.807, 2.05) is 30.3 Å². The van der Waals surface area contributed by atoms with Crippen molar-refractivity contribution in [3.8, 4) is 0 Å². The second-order valence-electron chi connectivity index (χ2n) is 5.08. The number of nitrogens with one attached hydrogen (secondary N) is 1. The topological polar surface area (TPSA) is 64.3 Å². The van der Waals surface area contributed by atoms with Crippen molar-refractivity contribution in [2.75, 3.05) is 13.7 Å². The molecule has 4 nitrogen and oxygen atoms in total. The second kappa shape index (κ2) is 8.25. The maximum absolute atomic E-state index is 12.3. The first-order valence-corrected chi connectivity index (χ1v) is 6.82. The van der Waals surface area contributed by atoms with Crippen LogP contribution in [0, 0.1) is 0 Å². The molecule has 1 aromatic carbocycles. The van der Waals surface area contributed by atoms with Crippen LogP contribution in [0.25, 0.3) is 0 Å². The van der Waals surface area contributed by atoms with Crippen molar-refractivity contribution < 1.29 is 9.53 Å². The first-order chi connectivity index (χ1) is 9.24. The van der Waals surface area contributed by atoms with Gasteiger partial charge >= 0.3 is 0 Å². The Balaban J connectivity index is 0.00000200. The second-order valence-corrected chi connectivity index (χ2v) is 5.08. The summed E-state index contributed by atoms with van der Waals surface area (Å²) in [6, 6.07) is 9.92. The smallest absolute Gasteiger partial charge is 0.229 e. The lowest BCUT2D eigenvalue weighted by molar-refractivity contribution is -0.123. The molecule has 0 aromatic heterocycles. The summed E-state index contributed by atoms with van der Waals surface area (Å²) < 4.78 is 5.32. The van der Waals surface area contributed by atoms with Crippen molar-refractivity contribution in [3.63, 3.8) is 0 Å². The van der Waals surface area contributed by atoms with Crippen LogP contribution in [0.5, 0.6) is 0 Å². The monoisotopic (exact) mass is 298 g/mol. The fourth-order valence-corrected chi connectivity index (χ4v) is 2.67. The van der Waals surface area contributed by atoms with Crippen LogP contribution >= 0.6 is 12.4 Å². The van der Waals surface area contributed by atoms with Crippen LogP contribution in [-0.2, 0) is 9.53 Å². The molecule has 0 bridgehead atoms. The lowest BCUT2D eigenvalue weighted by atomic mass is 9.98. The molecule has 1 aliphatic carbocycles. The summed E-state index contributed by atoms with van der Waals surface area (Å²) >= 11 is 0. The Bertz CT molecular complexity index is 414. The van der Waals surface area contributed by atoms with Gasteiger partial charge in [-0.1, -0.05) is 30.3 Å². The van der Waals surface area contributed by atoms with Gasteiger partial charge in [0.1, 0.15) is 0 Å². The number of carbonyl (C=O) groups excluding carboxylic acids is 1. The van der Waals surface area contributed by atoms with E-state index in [1.54, 1.807) is 7.11 Å². The van der Waals surface area contributed by atoms with Crippen LogP contribution in [-0.4, -0.2) is 31.7 Å². The van der Waals surface area contributed by atoms with Crippen molar-refractivity contribution in [1.82, 2.24) is 5.32 Å². The standard InChI is InChI=1S/C15H22N2O2.ClH/c1-19-13-8-7-12(9-13)17-15(18)14(10-16)11-5-3-2-4-6-11;/h2-6,12-14H,7-10,16H2,1H3,(H,17,18);1H. The zero-order chi connectivity index (χ0) is 13.7. The Kier molecular flexibility index (Phi) is 6.99. The van der Waals surface area contributed by atoms with Gasteiger partial charge in [0.25, 0.3) is 0 Å². The summed E-state index contributed by atoms with van der Waals surface area (Å²) in [5.41, 5.74) is 6.72. The van der Waals surface area contributed by atoms with Gasteiger partial charge in [-0.3, -0.25) is 4.79 Å². The number of rotatable bonds is 5. The third-order valence-electron chi connectivity index (χ3n) is 3.82. The predicted molar refractivity (Wildman–Crippen MR) is 82.1 cm³/mol. The molecule has 2 rings (SSSR count). The minimum Gasteiger partial charge on any atom is -0.381 e. The van der Waals surface area contributed by atoms with Crippen LogP contribution in [0.3, 0.4) is 0 Å². The molecule has 20 heavy (non-hydrogen) atoms. The summed E-state index contributed by atoms with van der Waals surface area (Å²) in [6.45, 7) is 0.330. The molecule has 5 heteroatoms. The minimum atomic E-state index is -0.261. The molecule has 0 aliphatic heterocycles. The molecule has 1 amide bonds. The Morgan fingerprint density at radius 1 is 1.40 bits per heavy atom. The van der Waals surface area contributed by atoms with E-state index in [9.17, 15) is 4.79 Å². The van der Waals surface area contributed by atoms with Gasteiger partial charge in [-0.05, 0) is 24.8 Å². The van der Waals surface area contributed by atoms with Gasteiger partial charge in [0, 0.05) is 19.7 Å². The minimum absolute atomic E-state index is 0. The summed E-state index contributed by atoms with van der Waals surface area (Å²) in [5.74, 6) is -0.238. The normalized spacial score (nSPS) is 22.9. The van der Waals surface area contributed by atoms with E-state index in [1.165, 1.54) is 0 Å². The molecule has 0 radical (unpaired) electrons. The molecule has 0 heterocycles. The molecule has 0 saturated heterocycles. The van der Waals surface area contributed by atoms with Crippen molar-refractivity contribution >= 4 is 18.3 Å². The van der Waals surface area contributed by atoms with Crippen molar-refractivity contribution in [2.24, 2.45) is 5.73 Å². The van der Waals surface area contributed by atoms with E-state index in [0.29, 0.717) is 6.54 Å². The zero-order valence-electron chi connectivity index (χ0n) is 11.7. The first-order valence-electron chi connectivity index (χ1n) is 6.82. The Labute approximate surface area is 126 Å². The number of ether oxygens (including phenoxy) is 1. The van der Waals surface area contributed by atoms with E-state index in [2.05, 4.69) is 5.32 Å². The fraction of sp³-hybridized carbons (Fsp3) is 0.533. The van der Waals surface area contributed by atoms with E-state index in [0.717, 1.165) is 24.8 Å². The molecule has 1 aromatic rings. The van der Waals surface area contributed by atoms with Crippen LogP contribution in [0.4, 0.5) is 0 Å². The first kappa shape index (κ1) is 17.0. The molecule has 3 N–H and O–H groups in total. The van der Waals surface area contributed by atoms with Crippen LogP contribution in [0.15, 0.2) is 30.3 Å². The molecule has 1 fully saturated rings. The maximum Gasteiger partial charge on any atom is 0.229 e. The number of amides is 1. The highest BCUT2D eigenvalue weighted by molar-refractivity contribution is 5.85. The van der Waals surface area contributed by atoms with E-state index in [-0.39, 0.29) is 36.4 Å². The lowest BCUT2D eigenvalue weighted by Gasteiger charge is -2.19. The third kappa shape index (κ3) is 4.20. The number of carbonyl (C=O) groups is 1. The van der Waals surface area contributed by atoms with Crippen LogP contribution < -0.4 is 11.1 Å². The van der Waals surface area contributed by atoms with Gasteiger partial charge in [0.15, 0.2) is 0 Å². The molecule has 3 unspecified atom stereocenters. The molecule has 0 spiro atoms. The highest BCUT2D eigenvalue weighted by atomic mass is 35.5. The van der Waals surface area contributed by atoms with Crippen molar-refractivity contribution in [2.45, 2.75) is 37.3 Å². The maximum atomic E-state index is 12.3. The molecular weight excluding hydrogens is 276 g/mol. The SMILES string of the molecule is COC1CCC(NC(=O)C(CN)c2ccccc2)C1.Cl. The average Bonchev–Trinajstić information content (AvgIpc) is 2.88. The third-order valence-corrected chi connectivity index (χ3v) is 3.82. The molecule has 1 aliphatic rings. The zero-order valence-corrected chi connectivity index (χ0v) is 12.6. The molecule has 3 atom stereocenters. The highest BCUT2D eigenvalue weighted by Gasteiger charge is 2.28. The fourth-order valence-electron chi connectivity index (χ4n) is 2.67. The van der Waals surface area contributed by atoms with Crippen molar-refractivity contribution in [3.05, 3.63) is 35.9 Å².